The Labute approximate surface area is 125 Å². The van der Waals surface area contributed by atoms with Crippen LogP contribution in [0.15, 0.2) is 24.3 Å². The van der Waals surface area contributed by atoms with E-state index in [2.05, 4.69) is 0 Å². The van der Waals surface area contributed by atoms with Crippen molar-refractivity contribution in [2.24, 2.45) is 11.7 Å². The maximum atomic E-state index is 12.3. The van der Waals surface area contributed by atoms with Crippen LogP contribution in [-0.2, 0) is 4.79 Å². The second-order valence-electron chi connectivity index (χ2n) is 5.39. The number of benzene rings is 1. The molecular formula is C15H23N3O3. The van der Waals surface area contributed by atoms with Crippen LogP contribution in [0.2, 0.25) is 0 Å². The van der Waals surface area contributed by atoms with Gasteiger partial charge in [-0.25, -0.2) is 0 Å². The fourth-order valence-electron chi connectivity index (χ4n) is 2.05. The molecule has 6 nitrogen and oxygen atoms in total. The molecule has 0 aliphatic carbocycles. The fourth-order valence-corrected chi connectivity index (χ4v) is 2.05. The molecular weight excluding hydrogens is 270 g/mol. The molecule has 0 radical (unpaired) electrons. The van der Waals surface area contributed by atoms with Gasteiger partial charge in [-0.15, -0.1) is 0 Å². The zero-order valence-corrected chi connectivity index (χ0v) is 12.9. The molecule has 3 atom stereocenters. The Kier molecular flexibility index (Phi) is 5.84. The third-order valence-electron chi connectivity index (χ3n) is 4.03. The zero-order chi connectivity index (χ0) is 16.2. The van der Waals surface area contributed by atoms with Gasteiger partial charge < -0.3 is 10.6 Å². The zero-order valence-electron chi connectivity index (χ0n) is 12.9. The van der Waals surface area contributed by atoms with Gasteiger partial charge in [0.25, 0.3) is 5.69 Å². The molecule has 0 bridgehead atoms. The van der Waals surface area contributed by atoms with Gasteiger partial charge in [0.15, 0.2) is 0 Å². The van der Waals surface area contributed by atoms with Crippen molar-refractivity contribution in [1.82, 2.24) is 4.90 Å². The van der Waals surface area contributed by atoms with Crippen molar-refractivity contribution in [3.8, 4) is 0 Å². The number of amides is 1. The number of hydrogen-bond acceptors (Lipinski definition) is 4. The largest absolute Gasteiger partial charge is 0.338 e. The van der Waals surface area contributed by atoms with Crippen molar-refractivity contribution in [2.45, 2.75) is 39.3 Å². The van der Waals surface area contributed by atoms with E-state index in [1.54, 1.807) is 24.1 Å². The molecule has 0 heterocycles. The van der Waals surface area contributed by atoms with Gasteiger partial charge in [-0.05, 0) is 18.4 Å². The number of carbonyl (C=O) groups is 1. The van der Waals surface area contributed by atoms with E-state index in [0.717, 1.165) is 12.0 Å². The Balaban J connectivity index is 2.92. The summed E-state index contributed by atoms with van der Waals surface area (Å²) in [4.78, 5) is 24.3. The number of nitro groups is 1. The highest BCUT2D eigenvalue weighted by Gasteiger charge is 2.26. The molecule has 0 saturated heterocycles. The summed E-state index contributed by atoms with van der Waals surface area (Å²) in [7, 11) is 1.67. The predicted octanol–water partition coefficient (Wildman–Crippen LogP) is 2.49. The SMILES string of the molecule is CCC(C)[C@H](N)C(=O)N(C)C(C)c1cccc([N+](=O)[O-])c1. The summed E-state index contributed by atoms with van der Waals surface area (Å²) in [6, 6.07) is 5.49. The average molecular weight is 293 g/mol. The highest BCUT2D eigenvalue weighted by molar-refractivity contribution is 5.82. The Morgan fingerprint density at radius 3 is 2.57 bits per heavy atom. The second-order valence-corrected chi connectivity index (χ2v) is 5.39. The molecule has 116 valence electrons. The van der Waals surface area contributed by atoms with Crippen LogP contribution in [0.5, 0.6) is 0 Å². The van der Waals surface area contributed by atoms with E-state index in [0.29, 0.717) is 0 Å². The lowest BCUT2D eigenvalue weighted by molar-refractivity contribution is -0.384. The van der Waals surface area contributed by atoms with Gasteiger partial charge in [0, 0.05) is 19.2 Å². The third kappa shape index (κ3) is 4.01. The number of non-ortho nitro benzene ring substituents is 1. The summed E-state index contributed by atoms with van der Waals surface area (Å²) in [5, 5.41) is 10.8. The summed E-state index contributed by atoms with van der Waals surface area (Å²) in [6.07, 6.45) is 0.825. The van der Waals surface area contributed by atoms with Gasteiger partial charge in [0.2, 0.25) is 5.91 Å². The molecule has 0 aliphatic rings. The van der Waals surface area contributed by atoms with Crippen LogP contribution in [0, 0.1) is 16.0 Å². The van der Waals surface area contributed by atoms with Crippen LogP contribution < -0.4 is 5.73 Å². The van der Waals surface area contributed by atoms with E-state index >= 15 is 0 Å². The van der Waals surface area contributed by atoms with E-state index in [1.165, 1.54) is 12.1 Å². The Morgan fingerprint density at radius 1 is 1.43 bits per heavy atom. The van der Waals surface area contributed by atoms with Crippen LogP contribution in [0.4, 0.5) is 5.69 Å². The number of nitrogens with zero attached hydrogens (tertiary/aromatic N) is 2. The lowest BCUT2D eigenvalue weighted by Gasteiger charge is -2.29. The van der Waals surface area contributed by atoms with Crippen molar-refractivity contribution < 1.29 is 9.72 Å². The average Bonchev–Trinajstić information content (AvgIpc) is 2.51. The summed E-state index contributed by atoms with van der Waals surface area (Å²) >= 11 is 0. The molecule has 1 aromatic rings. The number of rotatable bonds is 6. The molecule has 0 fully saturated rings. The minimum atomic E-state index is -0.554. The Morgan fingerprint density at radius 2 is 2.05 bits per heavy atom. The quantitative estimate of drug-likeness (QED) is 0.644. The smallest absolute Gasteiger partial charge is 0.269 e. The molecule has 1 amide bonds. The monoisotopic (exact) mass is 293 g/mol. The van der Waals surface area contributed by atoms with Crippen molar-refractivity contribution in [3.05, 3.63) is 39.9 Å². The van der Waals surface area contributed by atoms with Crippen LogP contribution in [0.3, 0.4) is 0 Å². The van der Waals surface area contributed by atoms with Gasteiger partial charge in [-0.3, -0.25) is 14.9 Å². The summed E-state index contributed by atoms with van der Waals surface area (Å²) in [6.45, 7) is 5.76. The van der Waals surface area contributed by atoms with Crippen molar-refractivity contribution in [3.63, 3.8) is 0 Å². The molecule has 21 heavy (non-hydrogen) atoms. The van der Waals surface area contributed by atoms with Gasteiger partial charge in [-0.2, -0.15) is 0 Å². The Bertz CT molecular complexity index is 519. The van der Waals surface area contributed by atoms with Gasteiger partial charge in [0.1, 0.15) is 0 Å². The molecule has 0 spiro atoms. The first-order valence-corrected chi connectivity index (χ1v) is 7.06. The maximum Gasteiger partial charge on any atom is 0.269 e. The van der Waals surface area contributed by atoms with E-state index in [1.807, 2.05) is 20.8 Å². The number of likely N-dealkylation sites (N-methyl/N-ethyl adjacent to an activating group) is 1. The number of carbonyl (C=O) groups excluding carboxylic acids is 1. The number of hydrogen-bond donors (Lipinski definition) is 1. The standard InChI is InChI=1S/C15H23N3O3/c1-5-10(2)14(16)15(19)17(4)11(3)12-7-6-8-13(9-12)18(20)21/h6-11,14H,5,16H2,1-4H3/t10?,11?,14-/m0/s1. The van der Waals surface area contributed by atoms with Gasteiger partial charge >= 0.3 is 0 Å². The minimum Gasteiger partial charge on any atom is -0.338 e. The van der Waals surface area contributed by atoms with E-state index in [9.17, 15) is 14.9 Å². The van der Waals surface area contributed by atoms with Crippen molar-refractivity contribution >= 4 is 11.6 Å². The second kappa shape index (κ2) is 7.17. The molecule has 1 aromatic carbocycles. The first kappa shape index (κ1) is 17.1. The number of nitrogens with two attached hydrogens (primary N) is 1. The molecule has 6 heteroatoms. The highest BCUT2D eigenvalue weighted by atomic mass is 16.6. The molecule has 0 saturated carbocycles. The molecule has 0 aromatic heterocycles. The predicted molar refractivity (Wildman–Crippen MR) is 81.7 cm³/mol. The third-order valence-corrected chi connectivity index (χ3v) is 4.03. The molecule has 0 aliphatic heterocycles. The Hall–Kier alpha value is -1.95. The van der Waals surface area contributed by atoms with Gasteiger partial charge in [0.05, 0.1) is 17.0 Å². The minimum absolute atomic E-state index is 0.0198. The lowest BCUT2D eigenvalue weighted by atomic mass is 9.97. The normalized spacial score (nSPS) is 15.1. The fraction of sp³-hybridized carbons (Fsp3) is 0.533. The molecule has 1 rings (SSSR count). The molecule has 2 N–H and O–H groups in total. The van der Waals surface area contributed by atoms with E-state index < -0.39 is 11.0 Å². The van der Waals surface area contributed by atoms with Crippen LogP contribution in [0.1, 0.15) is 38.8 Å². The maximum absolute atomic E-state index is 12.3. The number of nitro benzene ring substituents is 1. The summed E-state index contributed by atoms with van der Waals surface area (Å²) in [5.41, 5.74) is 6.71. The highest BCUT2D eigenvalue weighted by Crippen LogP contribution is 2.24. The van der Waals surface area contributed by atoms with Crippen LogP contribution in [-0.4, -0.2) is 28.8 Å². The first-order valence-electron chi connectivity index (χ1n) is 7.06. The van der Waals surface area contributed by atoms with E-state index in [-0.39, 0.29) is 23.6 Å². The first-order chi connectivity index (χ1) is 9.79. The lowest BCUT2D eigenvalue weighted by Crippen LogP contribution is -2.46. The van der Waals surface area contributed by atoms with Crippen LogP contribution >= 0.6 is 0 Å². The van der Waals surface area contributed by atoms with Gasteiger partial charge in [-0.1, -0.05) is 32.4 Å². The molecule has 2 unspecified atom stereocenters. The topological polar surface area (TPSA) is 89.5 Å². The van der Waals surface area contributed by atoms with Crippen LogP contribution in [0.25, 0.3) is 0 Å². The van der Waals surface area contributed by atoms with Crippen molar-refractivity contribution in [1.29, 1.82) is 0 Å². The van der Waals surface area contributed by atoms with E-state index in [4.69, 9.17) is 5.73 Å². The van der Waals surface area contributed by atoms with Crippen molar-refractivity contribution in [2.75, 3.05) is 7.05 Å². The summed E-state index contributed by atoms with van der Waals surface area (Å²) in [5.74, 6) is -0.0550. The summed E-state index contributed by atoms with van der Waals surface area (Å²) < 4.78 is 0.